The Kier molecular flexibility index (Phi) is 5.49. The van der Waals surface area contributed by atoms with E-state index >= 15 is 0 Å². The van der Waals surface area contributed by atoms with Crippen molar-refractivity contribution in [3.05, 3.63) is 89.9 Å². The molecule has 7 heteroatoms. The minimum Gasteiger partial charge on any atom is -0.345 e. The summed E-state index contributed by atoms with van der Waals surface area (Å²) in [6.07, 6.45) is -1.35. The number of halogens is 3. The van der Waals surface area contributed by atoms with Crippen molar-refractivity contribution in [2.75, 3.05) is 5.32 Å². The fourth-order valence-electron chi connectivity index (χ4n) is 2.50. The van der Waals surface area contributed by atoms with Gasteiger partial charge in [0.2, 0.25) is 11.6 Å². The molecule has 0 amide bonds. The third-order valence-corrected chi connectivity index (χ3v) is 3.92. The second-order valence-electron chi connectivity index (χ2n) is 5.96. The molecule has 0 aliphatic rings. The minimum absolute atomic E-state index is 0.0172. The highest BCUT2D eigenvalue weighted by atomic mass is 19.4. The predicted octanol–water partition coefficient (Wildman–Crippen LogP) is 3.88. The van der Waals surface area contributed by atoms with Gasteiger partial charge in [0.05, 0.1) is 11.8 Å². The zero-order valence-electron chi connectivity index (χ0n) is 14.3. The fraction of sp³-hybridized carbons (Fsp3) is 0.150. The summed E-state index contributed by atoms with van der Waals surface area (Å²) in [4.78, 5) is 16.5. The molecule has 1 N–H and O–H groups in total. The number of alkyl halides is 3. The van der Waals surface area contributed by atoms with E-state index in [4.69, 9.17) is 0 Å². The molecule has 0 spiro atoms. The summed E-state index contributed by atoms with van der Waals surface area (Å²) in [6, 6.07) is 15.9. The normalized spacial score (nSPS) is 11.2. The van der Waals surface area contributed by atoms with Crippen LogP contribution in [0.2, 0.25) is 0 Å². The van der Waals surface area contributed by atoms with Gasteiger partial charge in [-0.2, -0.15) is 13.2 Å². The van der Waals surface area contributed by atoms with Crippen molar-refractivity contribution >= 4 is 11.6 Å². The summed E-state index contributed by atoms with van der Waals surface area (Å²) in [5, 5.41) is 3.16. The van der Waals surface area contributed by atoms with Gasteiger partial charge in [0, 0.05) is 18.2 Å². The number of carbonyl (C=O) groups is 1. The van der Waals surface area contributed by atoms with Crippen LogP contribution in [0.25, 0.3) is 0 Å². The fourth-order valence-corrected chi connectivity index (χ4v) is 2.50. The molecule has 3 aromatic rings. The van der Waals surface area contributed by atoms with Crippen LogP contribution in [0, 0.1) is 0 Å². The van der Waals surface area contributed by atoms with Gasteiger partial charge in [0.15, 0.2) is 6.54 Å². The Bertz CT molecular complexity index is 910. The van der Waals surface area contributed by atoms with E-state index in [1.807, 2.05) is 30.3 Å². The molecule has 27 heavy (non-hydrogen) atoms. The van der Waals surface area contributed by atoms with Gasteiger partial charge >= 0.3 is 6.18 Å². The van der Waals surface area contributed by atoms with Crippen LogP contribution in [0.15, 0.2) is 73.2 Å². The van der Waals surface area contributed by atoms with Gasteiger partial charge in [-0.15, -0.1) is 0 Å². The first-order valence-electron chi connectivity index (χ1n) is 8.25. The maximum Gasteiger partial charge on any atom is 0.416 e. The number of hydrogen-bond acceptors (Lipinski definition) is 3. The molecule has 0 radical (unpaired) electrons. The number of ketones is 1. The van der Waals surface area contributed by atoms with Crippen LogP contribution in [0.1, 0.15) is 21.5 Å². The molecule has 0 aliphatic heterocycles. The van der Waals surface area contributed by atoms with Gasteiger partial charge in [-0.1, -0.05) is 42.5 Å². The first-order chi connectivity index (χ1) is 12.9. The van der Waals surface area contributed by atoms with Crippen molar-refractivity contribution in [2.45, 2.75) is 19.3 Å². The number of Topliss-reactive ketones (excluding diaryl/α,β-unsaturated/α-hetero) is 1. The monoisotopic (exact) mass is 372 g/mol. The summed E-state index contributed by atoms with van der Waals surface area (Å²) in [7, 11) is 0. The molecular weight excluding hydrogens is 355 g/mol. The highest BCUT2D eigenvalue weighted by Crippen LogP contribution is 2.29. The Morgan fingerprint density at radius 2 is 1.81 bits per heavy atom. The van der Waals surface area contributed by atoms with Crippen molar-refractivity contribution < 1.29 is 22.5 Å². The standard InChI is InChI=1S/C20H16F3N3O/c21-20(22,23)17-8-4-7-16(11-17)18(27)13-26-10-9-19(25-14-26)24-12-15-5-2-1-3-6-15/h1-11,14H,12-13H2/p+1. The van der Waals surface area contributed by atoms with Crippen LogP contribution in [0.4, 0.5) is 19.0 Å². The molecule has 0 fully saturated rings. The number of nitrogens with zero attached hydrogens (tertiary/aromatic N) is 2. The number of rotatable bonds is 6. The van der Waals surface area contributed by atoms with E-state index < -0.39 is 17.5 Å². The highest BCUT2D eigenvalue weighted by molar-refractivity contribution is 5.95. The Labute approximate surface area is 154 Å². The highest BCUT2D eigenvalue weighted by Gasteiger charge is 2.31. The Morgan fingerprint density at radius 1 is 1.04 bits per heavy atom. The molecular formula is C20H17F3N3O+. The zero-order chi connectivity index (χ0) is 19.3. The molecule has 0 saturated heterocycles. The van der Waals surface area contributed by atoms with E-state index in [1.54, 1.807) is 12.3 Å². The van der Waals surface area contributed by atoms with Gasteiger partial charge in [-0.05, 0) is 22.7 Å². The largest absolute Gasteiger partial charge is 0.416 e. The average molecular weight is 372 g/mol. The second-order valence-corrected chi connectivity index (χ2v) is 5.96. The molecule has 0 aliphatic carbocycles. The summed E-state index contributed by atoms with van der Waals surface area (Å²) >= 11 is 0. The SMILES string of the molecule is O=C(C[n+]1ccc(NCc2ccccc2)nc1)c1cccc(C(F)(F)F)c1. The maximum absolute atomic E-state index is 12.8. The maximum atomic E-state index is 12.8. The van der Waals surface area contributed by atoms with Crippen LogP contribution in [-0.2, 0) is 19.3 Å². The molecule has 4 nitrogen and oxygen atoms in total. The minimum atomic E-state index is -4.48. The van der Waals surface area contributed by atoms with E-state index in [2.05, 4.69) is 10.3 Å². The third-order valence-electron chi connectivity index (χ3n) is 3.92. The van der Waals surface area contributed by atoms with Crippen LogP contribution >= 0.6 is 0 Å². The third kappa shape index (κ3) is 5.13. The summed E-state index contributed by atoms with van der Waals surface area (Å²) in [5.41, 5.74) is 0.288. The Balaban J connectivity index is 1.62. The number of nitrogens with one attached hydrogen (secondary N) is 1. The second kappa shape index (κ2) is 7.99. The number of hydrogen-bond donors (Lipinski definition) is 1. The smallest absolute Gasteiger partial charge is 0.345 e. The topological polar surface area (TPSA) is 45.9 Å². The molecule has 0 atom stereocenters. The van der Waals surface area contributed by atoms with E-state index in [0.717, 1.165) is 17.7 Å². The van der Waals surface area contributed by atoms with E-state index in [1.165, 1.54) is 23.0 Å². The molecule has 2 aromatic carbocycles. The summed E-state index contributed by atoms with van der Waals surface area (Å²) in [6.45, 7) is 0.522. The molecule has 0 unspecified atom stereocenters. The molecule has 0 bridgehead atoms. The summed E-state index contributed by atoms with van der Waals surface area (Å²) in [5.74, 6) is 0.222. The van der Waals surface area contributed by atoms with Gasteiger partial charge in [-0.25, -0.2) is 4.57 Å². The van der Waals surface area contributed by atoms with E-state index in [9.17, 15) is 18.0 Å². The van der Waals surface area contributed by atoms with Crippen LogP contribution in [-0.4, -0.2) is 10.8 Å². The quantitative estimate of drug-likeness (QED) is 0.528. The van der Waals surface area contributed by atoms with Crippen molar-refractivity contribution in [3.63, 3.8) is 0 Å². The average Bonchev–Trinajstić information content (AvgIpc) is 2.68. The van der Waals surface area contributed by atoms with E-state index in [0.29, 0.717) is 12.4 Å². The number of carbonyl (C=O) groups excluding carboxylic acids is 1. The number of aromatic nitrogens is 2. The first kappa shape index (κ1) is 18.6. The van der Waals surface area contributed by atoms with Gasteiger partial charge in [0.25, 0.3) is 6.33 Å². The lowest BCUT2D eigenvalue weighted by Gasteiger charge is -2.08. The predicted molar refractivity (Wildman–Crippen MR) is 94.0 cm³/mol. The van der Waals surface area contributed by atoms with Crippen LogP contribution in [0.5, 0.6) is 0 Å². The van der Waals surface area contributed by atoms with Crippen molar-refractivity contribution in [3.8, 4) is 0 Å². The van der Waals surface area contributed by atoms with Crippen molar-refractivity contribution in [1.82, 2.24) is 4.98 Å². The Morgan fingerprint density at radius 3 is 2.48 bits per heavy atom. The molecule has 138 valence electrons. The van der Waals surface area contributed by atoms with Crippen molar-refractivity contribution in [1.29, 1.82) is 0 Å². The lowest BCUT2D eigenvalue weighted by Crippen LogP contribution is -2.37. The van der Waals surface area contributed by atoms with Crippen molar-refractivity contribution in [2.24, 2.45) is 0 Å². The first-order valence-corrected chi connectivity index (χ1v) is 8.25. The van der Waals surface area contributed by atoms with Gasteiger partial charge in [-0.3, -0.25) is 4.79 Å². The molecule has 1 aromatic heterocycles. The van der Waals surface area contributed by atoms with Gasteiger partial charge in [0.1, 0.15) is 0 Å². The molecule has 1 heterocycles. The van der Waals surface area contributed by atoms with Gasteiger partial charge < -0.3 is 5.32 Å². The van der Waals surface area contributed by atoms with Crippen LogP contribution in [0.3, 0.4) is 0 Å². The van der Waals surface area contributed by atoms with E-state index in [-0.39, 0.29) is 12.1 Å². The number of anilines is 1. The van der Waals surface area contributed by atoms with Crippen LogP contribution < -0.4 is 9.88 Å². The molecule has 0 saturated carbocycles. The number of benzene rings is 2. The lowest BCUT2D eigenvalue weighted by atomic mass is 10.1. The lowest BCUT2D eigenvalue weighted by molar-refractivity contribution is -0.686. The zero-order valence-corrected chi connectivity index (χ0v) is 14.3. The molecule has 3 rings (SSSR count). The Hall–Kier alpha value is -3.22. The summed E-state index contributed by atoms with van der Waals surface area (Å²) < 4.78 is 39.8.